The van der Waals surface area contributed by atoms with Gasteiger partial charge in [-0.1, -0.05) is 18.2 Å². The second-order valence-corrected chi connectivity index (χ2v) is 9.11. The molecule has 0 unspecified atom stereocenters. The van der Waals surface area contributed by atoms with E-state index in [0.29, 0.717) is 34.9 Å². The molecule has 0 fully saturated rings. The largest absolute Gasteiger partial charge is 0.493 e. The molecule has 0 bridgehead atoms. The van der Waals surface area contributed by atoms with Crippen LogP contribution in [0.4, 0.5) is 13.2 Å². The van der Waals surface area contributed by atoms with Gasteiger partial charge in [0.05, 0.1) is 39.5 Å². The maximum absolute atomic E-state index is 12.8. The molecule has 1 amide bonds. The number of rotatable bonds is 10. The zero-order valence-electron chi connectivity index (χ0n) is 20.4. The molecule has 3 rings (SSSR count). The van der Waals surface area contributed by atoms with Gasteiger partial charge >= 0.3 is 16.3 Å². The molecule has 3 aromatic rings. The highest BCUT2D eigenvalue weighted by atomic mass is 32.2. The van der Waals surface area contributed by atoms with E-state index in [4.69, 9.17) is 18.4 Å². The van der Waals surface area contributed by atoms with E-state index in [1.54, 1.807) is 18.2 Å². The number of benzene rings is 3. The summed E-state index contributed by atoms with van der Waals surface area (Å²) in [4.78, 5) is 12.0. The van der Waals surface area contributed by atoms with Crippen molar-refractivity contribution in [1.29, 1.82) is 0 Å². The predicted octanol–water partition coefficient (Wildman–Crippen LogP) is 4.19. The topological polar surface area (TPSA) is 113 Å². The van der Waals surface area contributed by atoms with Crippen LogP contribution in [0.1, 0.15) is 16.7 Å². The number of nitrogens with one attached hydrogen (secondary N) is 1. The van der Waals surface area contributed by atoms with Crippen molar-refractivity contribution >= 4 is 22.2 Å². The Morgan fingerprint density at radius 2 is 1.55 bits per heavy atom. The molecule has 0 aliphatic rings. The zero-order chi connectivity index (χ0) is 27.9. The molecule has 1 N–H and O–H groups in total. The first-order valence-electron chi connectivity index (χ1n) is 10.8. The van der Waals surface area contributed by atoms with Gasteiger partial charge in [-0.2, -0.15) is 26.7 Å². The minimum Gasteiger partial charge on any atom is -0.493 e. The van der Waals surface area contributed by atoms with Gasteiger partial charge in [-0.3, -0.25) is 4.79 Å². The zero-order valence-corrected chi connectivity index (χ0v) is 21.2. The molecule has 0 aliphatic carbocycles. The van der Waals surface area contributed by atoms with E-state index >= 15 is 0 Å². The highest BCUT2D eigenvalue weighted by Crippen LogP contribution is 2.40. The van der Waals surface area contributed by atoms with Crippen molar-refractivity contribution in [3.05, 3.63) is 77.4 Å². The van der Waals surface area contributed by atoms with Gasteiger partial charge in [0, 0.05) is 11.1 Å². The Hall–Kier alpha value is -4.26. The highest BCUT2D eigenvalue weighted by Gasteiger charge is 2.31. The molecule has 0 saturated heterocycles. The number of carbonyl (C=O) groups is 1. The maximum Gasteiger partial charge on any atom is 0.416 e. The summed E-state index contributed by atoms with van der Waals surface area (Å²) >= 11 is 0. The Morgan fingerprint density at radius 3 is 2.16 bits per heavy atom. The predicted molar refractivity (Wildman–Crippen MR) is 131 cm³/mol. The molecule has 13 heteroatoms. The van der Waals surface area contributed by atoms with E-state index in [-0.39, 0.29) is 17.7 Å². The number of halogens is 3. The molecule has 0 heterocycles. The van der Waals surface area contributed by atoms with E-state index in [2.05, 4.69) is 10.5 Å². The summed E-state index contributed by atoms with van der Waals surface area (Å²) in [7, 11) is -0.126. The molecule has 0 radical (unpaired) electrons. The first-order valence-corrected chi connectivity index (χ1v) is 12.2. The van der Waals surface area contributed by atoms with E-state index in [1.165, 1.54) is 45.7 Å². The summed E-state index contributed by atoms with van der Waals surface area (Å²) in [5, 5.41) is 3.85. The van der Waals surface area contributed by atoms with Gasteiger partial charge in [-0.25, -0.2) is 5.43 Å². The molecule has 3 aromatic carbocycles. The average molecular weight is 553 g/mol. The normalized spacial score (nSPS) is 11.7. The molecule has 0 atom stereocenters. The number of carbonyl (C=O) groups excluding carboxylic acids is 1. The number of hydrogen-bond acceptors (Lipinski definition) is 8. The summed E-state index contributed by atoms with van der Waals surface area (Å²) in [6.45, 7) is 0. The number of hydrogen-bond donors (Lipinski definition) is 1. The van der Waals surface area contributed by atoms with E-state index in [0.717, 1.165) is 12.1 Å². The van der Waals surface area contributed by atoms with Crippen LogP contribution in [0.5, 0.6) is 23.0 Å². The minimum absolute atomic E-state index is 0.124. The molecular weight excluding hydrogens is 529 g/mol. The van der Waals surface area contributed by atoms with Crippen molar-refractivity contribution in [1.82, 2.24) is 5.43 Å². The number of methoxy groups -OCH3 is 3. The van der Waals surface area contributed by atoms with Gasteiger partial charge in [0.15, 0.2) is 17.2 Å². The Labute approximate surface area is 216 Å². The Morgan fingerprint density at radius 1 is 0.895 bits per heavy atom. The van der Waals surface area contributed by atoms with Crippen LogP contribution >= 0.6 is 0 Å². The second-order valence-electron chi connectivity index (χ2n) is 7.56. The third kappa shape index (κ3) is 6.73. The number of para-hydroxylation sites is 1. The molecule has 202 valence electrons. The summed E-state index contributed by atoms with van der Waals surface area (Å²) in [5.41, 5.74) is 2.03. The van der Waals surface area contributed by atoms with Crippen molar-refractivity contribution in [2.45, 2.75) is 17.5 Å². The lowest BCUT2D eigenvalue weighted by Gasteiger charge is -2.15. The number of alkyl halides is 3. The first-order chi connectivity index (χ1) is 18.0. The van der Waals surface area contributed by atoms with E-state index in [1.807, 2.05) is 0 Å². The molecule has 38 heavy (non-hydrogen) atoms. The van der Waals surface area contributed by atoms with Gasteiger partial charge in [0.1, 0.15) is 4.90 Å². The fourth-order valence-corrected chi connectivity index (χ4v) is 4.28. The number of amides is 1. The maximum atomic E-state index is 12.8. The Balaban J connectivity index is 1.72. The van der Waals surface area contributed by atoms with Crippen LogP contribution < -0.4 is 23.8 Å². The molecule has 0 aliphatic heterocycles. The minimum atomic E-state index is -4.61. The van der Waals surface area contributed by atoms with Crippen molar-refractivity contribution in [3.63, 3.8) is 0 Å². The van der Waals surface area contributed by atoms with E-state index < -0.39 is 32.7 Å². The average Bonchev–Trinajstić information content (AvgIpc) is 2.88. The quantitative estimate of drug-likeness (QED) is 0.228. The Bertz CT molecular complexity index is 1420. The molecule has 0 saturated carbocycles. The van der Waals surface area contributed by atoms with Gasteiger partial charge in [-0.05, 0) is 42.5 Å². The van der Waals surface area contributed by atoms with Crippen LogP contribution in [0.25, 0.3) is 0 Å². The van der Waals surface area contributed by atoms with Crippen LogP contribution in [0, 0.1) is 0 Å². The number of nitrogens with zero attached hydrogens (tertiary/aromatic N) is 1. The third-order valence-corrected chi connectivity index (χ3v) is 6.37. The van der Waals surface area contributed by atoms with Crippen LogP contribution in [0.3, 0.4) is 0 Å². The summed E-state index contributed by atoms with van der Waals surface area (Å²) < 4.78 is 84.5. The fourth-order valence-electron chi connectivity index (χ4n) is 3.33. The lowest BCUT2D eigenvalue weighted by Crippen LogP contribution is -2.20. The van der Waals surface area contributed by atoms with Crippen molar-refractivity contribution in [2.24, 2.45) is 5.10 Å². The third-order valence-electron chi connectivity index (χ3n) is 5.12. The summed E-state index contributed by atoms with van der Waals surface area (Å²) in [6.07, 6.45) is -3.57. The van der Waals surface area contributed by atoms with Gasteiger partial charge < -0.3 is 18.4 Å². The monoisotopic (exact) mass is 552 g/mol. The highest BCUT2D eigenvalue weighted by molar-refractivity contribution is 7.87. The van der Waals surface area contributed by atoms with Gasteiger partial charge in [0.25, 0.3) is 0 Å². The Kier molecular flexibility index (Phi) is 8.84. The second kappa shape index (κ2) is 11.9. The first kappa shape index (κ1) is 28.3. The van der Waals surface area contributed by atoms with Gasteiger partial charge in [0.2, 0.25) is 11.7 Å². The van der Waals surface area contributed by atoms with E-state index in [9.17, 15) is 26.4 Å². The molecule has 0 spiro atoms. The smallest absolute Gasteiger partial charge is 0.416 e. The summed E-state index contributed by atoms with van der Waals surface area (Å²) in [5.74, 6) is 0.409. The van der Waals surface area contributed by atoms with Crippen LogP contribution in [-0.4, -0.2) is 41.9 Å². The molecule has 0 aromatic heterocycles. The van der Waals surface area contributed by atoms with Crippen LogP contribution in [-0.2, 0) is 27.5 Å². The molecule has 9 nitrogen and oxygen atoms in total. The lowest BCUT2D eigenvalue weighted by molar-refractivity contribution is -0.137. The van der Waals surface area contributed by atoms with Crippen LogP contribution in [0.2, 0.25) is 0 Å². The number of hydrazone groups is 1. The summed E-state index contributed by atoms with van der Waals surface area (Å²) in [6, 6.07) is 12.0. The fraction of sp³-hybridized carbons (Fsp3) is 0.200. The van der Waals surface area contributed by atoms with Crippen molar-refractivity contribution < 1.29 is 44.8 Å². The van der Waals surface area contributed by atoms with Crippen molar-refractivity contribution in [3.8, 4) is 23.0 Å². The SMILES string of the molecule is COc1ccc(CC(=O)NN=Cc2ccccc2OS(=O)(=O)c2ccc(C(F)(F)F)cc2)c(OC)c1OC. The van der Waals surface area contributed by atoms with Crippen molar-refractivity contribution in [2.75, 3.05) is 21.3 Å². The molecular formula is C25H23F3N2O7S. The lowest BCUT2D eigenvalue weighted by atomic mass is 10.1. The van der Waals surface area contributed by atoms with Gasteiger partial charge in [-0.15, -0.1) is 0 Å². The van der Waals surface area contributed by atoms with Crippen LogP contribution in [0.15, 0.2) is 70.7 Å². The number of ether oxygens (including phenoxy) is 3. The standard InChI is InChI=1S/C25H23F3N2O7S/c1-34-21-13-8-16(23(35-2)24(21)36-3)14-22(31)30-29-15-17-6-4-5-7-20(17)37-38(32,33)19-11-9-18(10-12-19)25(26,27)28/h4-13,15H,14H2,1-3H3,(H,30,31).